The molecule has 0 unspecified atom stereocenters. The summed E-state index contributed by atoms with van der Waals surface area (Å²) in [6, 6.07) is 9.98. The topological polar surface area (TPSA) is 17.1 Å². The number of hydrogen-bond acceptors (Lipinski definition) is 1. The average Bonchev–Trinajstić information content (AvgIpc) is 2.52. The summed E-state index contributed by atoms with van der Waals surface area (Å²) in [5, 5.41) is 0.620. The van der Waals surface area contributed by atoms with Crippen molar-refractivity contribution in [2.24, 2.45) is 23.2 Å². The van der Waals surface area contributed by atoms with Crippen LogP contribution in [-0.2, 0) is 4.79 Å². The van der Waals surface area contributed by atoms with E-state index in [2.05, 4.69) is 0 Å². The molecule has 0 N–H and O–H groups in total. The van der Waals surface area contributed by atoms with Crippen LogP contribution in [0.15, 0.2) is 47.5 Å². The van der Waals surface area contributed by atoms with E-state index in [1.165, 1.54) is 19.3 Å². The van der Waals surface area contributed by atoms with Crippen molar-refractivity contribution in [3.8, 4) is 0 Å². The summed E-state index contributed by atoms with van der Waals surface area (Å²) in [7, 11) is 0. The Balaban J connectivity index is 1.48. The molecule has 4 aliphatic rings. The predicted octanol–water partition coefficient (Wildman–Crippen LogP) is 5.61. The third-order valence-corrected chi connectivity index (χ3v) is 6.29. The number of rotatable bonds is 4. The monoisotopic (exact) mass is 326 g/mol. The number of carbonyl (C=O) groups excluding carboxylic acids is 1. The van der Waals surface area contributed by atoms with E-state index in [1.54, 1.807) is 12.2 Å². The first-order chi connectivity index (χ1) is 11.1. The SMILES string of the molecule is O=C(/C=C/C(Cl)=C/c1ccccc1)C12CC3CC(CC(C3)C1)C2. The minimum Gasteiger partial charge on any atom is -0.294 e. The summed E-state index contributed by atoms with van der Waals surface area (Å²) in [6.07, 6.45) is 12.9. The van der Waals surface area contributed by atoms with Gasteiger partial charge < -0.3 is 0 Å². The molecule has 0 spiro atoms. The van der Waals surface area contributed by atoms with Crippen molar-refractivity contribution in [3.05, 3.63) is 53.1 Å². The van der Waals surface area contributed by atoms with E-state index >= 15 is 0 Å². The lowest BCUT2D eigenvalue weighted by atomic mass is 9.48. The molecule has 0 atom stereocenters. The van der Waals surface area contributed by atoms with Gasteiger partial charge in [0.05, 0.1) is 0 Å². The first-order valence-electron chi connectivity index (χ1n) is 8.78. The van der Waals surface area contributed by atoms with Gasteiger partial charge in [-0.3, -0.25) is 4.79 Å². The highest BCUT2D eigenvalue weighted by molar-refractivity contribution is 6.33. The van der Waals surface area contributed by atoms with E-state index in [9.17, 15) is 4.79 Å². The maximum absolute atomic E-state index is 12.9. The van der Waals surface area contributed by atoms with Crippen LogP contribution in [0.1, 0.15) is 44.1 Å². The van der Waals surface area contributed by atoms with Crippen molar-refractivity contribution in [3.63, 3.8) is 0 Å². The molecule has 120 valence electrons. The van der Waals surface area contributed by atoms with Crippen LogP contribution in [0.2, 0.25) is 0 Å². The van der Waals surface area contributed by atoms with Gasteiger partial charge in [-0.2, -0.15) is 0 Å². The molecular formula is C21H23ClO. The molecule has 23 heavy (non-hydrogen) atoms. The van der Waals surface area contributed by atoms with E-state index in [4.69, 9.17) is 11.6 Å². The molecule has 0 radical (unpaired) electrons. The van der Waals surface area contributed by atoms with E-state index in [0.29, 0.717) is 10.8 Å². The highest BCUT2D eigenvalue weighted by atomic mass is 35.5. The minimum atomic E-state index is -0.0604. The third-order valence-electron chi connectivity index (χ3n) is 6.06. The molecule has 1 aromatic rings. The molecular weight excluding hydrogens is 304 g/mol. The number of halogens is 1. The standard InChI is InChI=1S/C21H23ClO/c22-19(11-15-4-2-1-3-5-15)6-7-20(23)21-12-16-8-17(13-21)10-18(9-16)14-21/h1-7,11,16-18H,8-10,12-14H2/b7-6+,19-11-. The smallest absolute Gasteiger partial charge is 0.161 e. The Bertz CT molecular complexity index is 620. The molecule has 1 aromatic carbocycles. The zero-order chi connectivity index (χ0) is 15.9. The third kappa shape index (κ3) is 3.04. The Morgan fingerprint density at radius 2 is 1.52 bits per heavy atom. The molecule has 0 aromatic heterocycles. The largest absolute Gasteiger partial charge is 0.294 e. The lowest BCUT2D eigenvalue weighted by Crippen LogP contribution is -2.49. The zero-order valence-electron chi connectivity index (χ0n) is 13.4. The molecule has 0 aliphatic heterocycles. The summed E-state index contributed by atoms with van der Waals surface area (Å²) < 4.78 is 0. The first kappa shape index (κ1) is 15.2. The summed E-state index contributed by atoms with van der Waals surface area (Å²) in [6.45, 7) is 0. The van der Waals surface area contributed by atoms with Crippen LogP contribution in [0.5, 0.6) is 0 Å². The van der Waals surface area contributed by atoms with Crippen LogP contribution >= 0.6 is 11.6 Å². The van der Waals surface area contributed by atoms with E-state index in [1.807, 2.05) is 36.4 Å². The Kier molecular flexibility index (Phi) is 3.93. The van der Waals surface area contributed by atoms with Crippen molar-refractivity contribution in [2.75, 3.05) is 0 Å². The van der Waals surface area contributed by atoms with Crippen molar-refractivity contribution in [1.29, 1.82) is 0 Å². The highest BCUT2D eigenvalue weighted by Gasteiger charge is 2.53. The van der Waals surface area contributed by atoms with Gasteiger partial charge in [-0.05, 0) is 80.1 Å². The zero-order valence-corrected chi connectivity index (χ0v) is 14.1. The molecule has 2 heteroatoms. The fraction of sp³-hybridized carbons (Fsp3) is 0.476. The second kappa shape index (κ2) is 5.94. The van der Waals surface area contributed by atoms with Crippen LogP contribution in [0.4, 0.5) is 0 Å². The Hall–Kier alpha value is -1.34. The maximum Gasteiger partial charge on any atom is 0.161 e. The van der Waals surface area contributed by atoms with Crippen LogP contribution in [0.25, 0.3) is 6.08 Å². The van der Waals surface area contributed by atoms with Gasteiger partial charge in [-0.25, -0.2) is 0 Å². The van der Waals surface area contributed by atoms with Gasteiger partial charge in [0.15, 0.2) is 5.78 Å². The second-order valence-corrected chi connectivity index (χ2v) is 8.27. The second-order valence-electron chi connectivity index (χ2n) is 7.84. The van der Waals surface area contributed by atoms with Gasteiger partial charge in [-0.15, -0.1) is 0 Å². The Morgan fingerprint density at radius 1 is 0.957 bits per heavy atom. The fourth-order valence-corrected chi connectivity index (χ4v) is 5.69. The summed E-state index contributed by atoms with van der Waals surface area (Å²) in [5.41, 5.74) is 0.999. The maximum atomic E-state index is 12.9. The first-order valence-corrected chi connectivity index (χ1v) is 9.15. The molecule has 4 saturated carbocycles. The number of carbonyl (C=O) groups is 1. The average molecular weight is 327 g/mol. The number of allylic oxidation sites excluding steroid dienone is 3. The van der Waals surface area contributed by atoms with Crippen LogP contribution in [0, 0.1) is 23.2 Å². The molecule has 5 rings (SSSR count). The fourth-order valence-electron chi connectivity index (χ4n) is 5.50. The summed E-state index contributed by atoms with van der Waals surface area (Å²) >= 11 is 6.29. The van der Waals surface area contributed by atoms with Gasteiger partial charge in [0.1, 0.15) is 0 Å². The highest BCUT2D eigenvalue weighted by Crippen LogP contribution is 2.60. The van der Waals surface area contributed by atoms with Crippen LogP contribution in [0.3, 0.4) is 0 Å². The normalized spacial score (nSPS) is 35.9. The van der Waals surface area contributed by atoms with Gasteiger partial charge in [0, 0.05) is 10.4 Å². The molecule has 0 heterocycles. The summed E-state index contributed by atoms with van der Waals surface area (Å²) in [4.78, 5) is 12.9. The molecule has 4 bridgehead atoms. The van der Waals surface area contributed by atoms with Crippen LogP contribution in [-0.4, -0.2) is 5.78 Å². The van der Waals surface area contributed by atoms with E-state index in [-0.39, 0.29) is 5.41 Å². The molecule has 0 amide bonds. The number of benzene rings is 1. The molecule has 1 nitrogen and oxygen atoms in total. The number of hydrogen-bond donors (Lipinski definition) is 0. The molecule has 4 aliphatic carbocycles. The quantitative estimate of drug-likeness (QED) is 0.519. The lowest BCUT2D eigenvalue weighted by Gasteiger charge is -2.55. The van der Waals surface area contributed by atoms with E-state index in [0.717, 1.165) is 42.6 Å². The Morgan fingerprint density at radius 3 is 2.09 bits per heavy atom. The van der Waals surface area contributed by atoms with Gasteiger partial charge in [0.25, 0.3) is 0 Å². The van der Waals surface area contributed by atoms with Crippen molar-refractivity contribution >= 4 is 23.5 Å². The van der Waals surface area contributed by atoms with Gasteiger partial charge in [0.2, 0.25) is 0 Å². The van der Waals surface area contributed by atoms with Gasteiger partial charge in [-0.1, -0.05) is 41.9 Å². The Labute approximate surface area is 143 Å². The van der Waals surface area contributed by atoms with Crippen LogP contribution < -0.4 is 0 Å². The van der Waals surface area contributed by atoms with Crippen molar-refractivity contribution in [1.82, 2.24) is 0 Å². The molecule has 4 fully saturated rings. The minimum absolute atomic E-state index is 0.0604. The van der Waals surface area contributed by atoms with Crippen molar-refractivity contribution < 1.29 is 4.79 Å². The van der Waals surface area contributed by atoms with E-state index < -0.39 is 0 Å². The van der Waals surface area contributed by atoms with Crippen molar-refractivity contribution in [2.45, 2.75) is 38.5 Å². The summed E-state index contributed by atoms with van der Waals surface area (Å²) in [5.74, 6) is 2.72. The molecule has 0 saturated heterocycles. The lowest BCUT2D eigenvalue weighted by molar-refractivity contribution is -0.138. The number of ketones is 1. The predicted molar refractivity (Wildman–Crippen MR) is 95.0 cm³/mol. The van der Waals surface area contributed by atoms with Gasteiger partial charge >= 0.3 is 0 Å².